The summed E-state index contributed by atoms with van der Waals surface area (Å²) >= 11 is 0. The SMILES string of the molecule is Cc1ccc(S(=O)(=O)n2cc(CN3CCN(CC(=O)NN=Cc4c[nH]c5ccccc45)CC3)c3ccccc32)cc1. The van der Waals surface area contributed by atoms with Crippen LogP contribution in [-0.4, -0.2) is 72.0 Å². The van der Waals surface area contributed by atoms with Crippen LogP contribution in [0.25, 0.3) is 21.8 Å². The fraction of sp³-hybridized carbons (Fsp3) is 0.226. The number of fused-ring (bicyclic) bond motifs is 2. The Labute approximate surface area is 239 Å². The molecule has 1 aliphatic heterocycles. The monoisotopic (exact) mass is 568 g/mol. The van der Waals surface area contributed by atoms with Gasteiger partial charge in [0.1, 0.15) is 0 Å². The molecule has 1 aliphatic rings. The largest absolute Gasteiger partial charge is 0.361 e. The molecule has 1 fully saturated rings. The molecule has 1 saturated heterocycles. The molecule has 1 amide bonds. The highest BCUT2D eigenvalue weighted by atomic mass is 32.2. The Morgan fingerprint density at radius 2 is 1.61 bits per heavy atom. The average molecular weight is 569 g/mol. The molecule has 41 heavy (non-hydrogen) atoms. The Morgan fingerprint density at radius 3 is 2.39 bits per heavy atom. The molecule has 6 rings (SSSR count). The van der Waals surface area contributed by atoms with Crippen molar-refractivity contribution in [1.29, 1.82) is 0 Å². The van der Waals surface area contributed by atoms with Crippen LogP contribution in [0.5, 0.6) is 0 Å². The van der Waals surface area contributed by atoms with Crippen molar-refractivity contribution in [2.75, 3.05) is 32.7 Å². The number of piperazine rings is 1. The molecule has 0 atom stereocenters. The molecule has 10 heteroatoms. The van der Waals surface area contributed by atoms with Crippen molar-refractivity contribution < 1.29 is 13.2 Å². The number of aromatic nitrogens is 2. The van der Waals surface area contributed by atoms with Gasteiger partial charge in [-0.2, -0.15) is 5.10 Å². The summed E-state index contributed by atoms with van der Waals surface area (Å²) in [6.07, 6.45) is 5.28. The van der Waals surface area contributed by atoms with Gasteiger partial charge in [0.2, 0.25) is 0 Å². The summed E-state index contributed by atoms with van der Waals surface area (Å²) in [5.74, 6) is -0.154. The number of aromatic amines is 1. The van der Waals surface area contributed by atoms with Gasteiger partial charge in [-0.05, 0) is 36.8 Å². The molecule has 210 valence electrons. The van der Waals surface area contributed by atoms with Gasteiger partial charge in [-0.25, -0.2) is 17.8 Å². The summed E-state index contributed by atoms with van der Waals surface area (Å²) in [6, 6.07) is 22.5. The normalized spacial score (nSPS) is 15.2. The van der Waals surface area contributed by atoms with Gasteiger partial charge < -0.3 is 4.98 Å². The lowest BCUT2D eigenvalue weighted by atomic mass is 10.1. The van der Waals surface area contributed by atoms with Gasteiger partial charge in [0, 0.05) is 67.0 Å². The number of carbonyl (C=O) groups excluding carboxylic acids is 1. The first-order chi connectivity index (χ1) is 19.9. The Morgan fingerprint density at radius 1 is 0.927 bits per heavy atom. The molecule has 5 aromatic rings. The Kier molecular flexibility index (Phi) is 7.44. The first-order valence-corrected chi connectivity index (χ1v) is 15.1. The van der Waals surface area contributed by atoms with Gasteiger partial charge in [-0.15, -0.1) is 0 Å². The molecule has 2 aromatic heterocycles. The zero-order valence-electron chi connectivity index (χ0n) is 22.8. The second-order valence-electron chi connectivity index (χ2n) is 10.4. The molecule has 3 heterocycles. The number of hydrogen-bond acceptors (Lipinski definition) is 6. The van der Waals surface area contributed by atoms with Crippen molar-refractivity contribution in [1.82, 2.24) is 24.2 Å². The first-order valence-electron chi connectivity index (χ1n) is 13.6. The molecule has 2 N–H and O–H groups in total. The third kappa shape index (κ3) is 5.67. The van der Waals surface area contributed by atoms with Crippen molar-refractivity contribution >= 4 is 44.0 Å². The highest BCUT2D eigenvalue weighted by Crippen LogP contribution is 2.27. The number of benzene rings is 3. The van der Waals surface area contributed by atoms with Crippen molar-refractivity contribution in [3.05, 3.63) is 102 Å². The van der Waals surface area contributed by atoms with Crippen LogP contribution in [-0.2, 0) is 21.4 Å². The van der Waals surface area contributed by atoms with Crippen LogP contribution in [0.15, 0.2) is 95.2 Å². The smallest absolute Gasteiger partial charge is 0.268 e. The van der Waals surface area contributed by atoms with Crippen LogP contribution in [0.4, 0.5) is 0 Å². The Hall–Kier alpha value is -4.25. The van der Waals surface area contributed by atoms with E-state index in [0.717, 1.165) is 59.2 Å². The number of carbonyl (C=O) groups is 1. The van der Waals surface area contributed by atoms with Gasteiger partial charge >= 0.3 is 0 Å². The topological polar surface area (TPSA) is 103 Å². The fourth-order valence-electron chi connectivity index (χ4n) is 5.33. The van der Waals surface area contributed by atoms with Gasteiger partial charge in [0.15, 0.2) is 0 Å². The lowest BCUT2D eigenvalue weighted by Crippen LogP contribution is -2.48. The van der Waals surface area contributed by atoms with E-state index >= 15 is 0 Å². The first kappa shape index (κ1) is 26.9. The second kappa shape index (κ2) is 11.3. The predicted molar refractivity (Wildman–Crippen MR) is 161 cm³/mol. The van der Waals surface area contributed by atoms with Gasteiger partial charge in [-0.1, -0.05) is 54.1 Å². The van der Waals surface area contributed by atoms with Crippen molar-refractivity contribution in [3.8, 4) is 0 Å². The van der Waals surface area contributed by atoms with Gasteiger partial charge in [0.25, 0.3) is 15.9 Å². The molecule has 0 radical (unpaired) electrons. The lowest BCUT2D eigenvalue weighted by molar-refractivity contribution is -0.122. The van der Waals surface area contributed by atoms with Crippen molar-refractivity contribution in [2.24, 2.45) is 5.10 Å². The number of nitrogens with zero attached hydrogens (tertiary/aromatic N) is 4. The van der Waals surface area contributed by atoms with Crippen LogP contribution in [0.1, 0.15) is 16.7 Å². The van der Waals surface area contributed by atoms with Crippen molar-refractivity contribution in [3.63, 3.8) is 0 Å². The number of para-hydroxylation sites is 2. The van der Waals surface area contributed by atoms with Crippen LogP contribution >= 0.6 is 0 Å². The standard InChI is InChI=1S/C31H32N6O3S/c1-23-10-12-26(13-11-23)41(39,40)37-21-25(28-7-3-5-9-30(28)37)20-35-14-16-36(17-15-35)22-31(38)34-33-19-24-18-32-29-8-4-2-6-27(24)29/h2-13,18-19,21,32H,14-17,20,22H2,1H3,(H,34,38). The third-order valence-corrected chi connectivity index (χ3v) is 9.27. The van der Waals surface area contributed by atoms with Crippen LogP contribution in [0.2, 0.25) is 0 Å². The number of aryl methyl sites for hydroxylation is 1. The number of H-pyrrole nitrogens is 1. The quantitative estimate of drug-likeness (QED) is 0.218. The summed E-state index contributed by atoms with van der Waals surface area (Å²) in [4.78, 5) is 20.4. The van der Waals surface area contributed by atoms with E-state index in [-0.39, 0.29) is 17.3 Å². The Bertz CT molecular complexity index is 1830. The van der Waals surface area contributed by atoms with E-state index in [1.54, 1.807) is 24.5 Å². The van der Waals surface area contributed by atoms with Crippen LogP contribution < -0.4 is 5.43 Å². The van der Waals surface area contributed by atoms with E-state index in [0.29, 0.717) is 12.1 Å². The summed E-state index contributed by atoms with van der Waals surface area (Å²) in [5.41, 5.74) is 7.23. The highest BCUT2D eigenvalue weighted by Gasteiger charge is 2.24. The van der Waals surface area contributed by atoms with Gasteiger partial charge in [0.05, 0.1) is 23.2 Å². The van der Waals surface area contributed by atoms with Crippen molar-refractivity contribution in [2.45, 2.75) is 18.4 Å². The van der Waals surface area contributed by atoms with E-state index < -0.39 is 10.0 Å². The minimum absolute atomic E-state index is 0.154. The Balaban J connectivity index is 1.07. The summed E-state index contributed by atoms with van der Waals surface area (Å²) < 4.78 is 28.4. The lowest BCUT2D eigenvalue weighted by Gasteiger charge is -2.34. The molecular formula is C31H32N6O3S. The highest BCUT2D eigenvalue weighted by molar-refractivity contribution is 7.90. The summed E-state index contributed by atoms with van der Waals surface area (Å²) in [6.45, 7) is 5.86. The maximum absolute atomic E-state index is 13.5. The third-order valence-electron chi connectivity index (χ3n) is 7.58. The number of rotatable bonds is 8. The minimum atomic E-state index is -3.73. The molecule has 0 unspecified atom stereocenters. The maximum Gasteiger partial charge on any atom is 0.268 e. The fourth-order valence-corrected chi connectivity index (χ4v) is 6.72. The zero-order valence-corrected chi connectivity index (χ0v) is 23.6. The van der Waals surface area contributed by atoms with E-state index in [4.69, 9.17) is 0 Å². The number of hydrogen-bond donors (Lipinski definition) is 2. The maximum atomic E-state index is 13.5. The summed E-state index contributed by atoms with van der Waals surface area (Å²) in [5, 5.41) is 6.13. The van der Waals surface area contributed by atoms with Gasteiger partial charge in [-0.3, -0.25) is 14.6 Å². The molecule has 0 aliphatic carbocycles. The average Bonchev–Trinajstić information content (AvgIpc) is 3.56. The van der Waals surface area contributed by atoms with E-state index in [1.807, 2.05) is 73.8 Å². The molecule has 0 bridgehead atoms. The summed E-state index contributed by atoms with van der Waals surface area (Å²) in [7, 11) is -3.73. The number of hydrazone groups is 1. The van der Waals surface area contributed by atoms with Crippen LogP contribution in [0.3, 0.4) is 0 Å². The molecule has 0 spiro atoms. The second-order valence-corrected chi connectivity index (χ2v) is 12.2. The minimum Gasteiger partial charge on any atom is -0.361 e. The zero-order chi connectivity index (χ0) is 28.4. The van der Waals surface area contributed by atoms with E-state index in [2.05, 4.69) is 25.3 Å². The molecule has 0 saturated carbocycles. The molecule has 3 aromatic carbocycles. The number of nitrogens with one attached hydrogen (secondary N) is 2. The predicted octanol–water partition coefficient (Wildman–Crippen LogP) is 3.94. The molecular weight excluding hydrogens is 536 g/mol. The molecule has 9 nitrogen and oxygen atoms in total. The number of amides is 1. The van der Waals surface area contributed by atoms with E-state index in [1.165, 1.54) is 3.97 Å². The van der Waals surface area contributed by atoms with E-state index in [9.17, 15) is 13.2 Å². The van der Waals surface area contributed by atoms with Crippen LogP contribution in [0, 0.1) is 6.92 Å².